The van der Waals surface area contributed by atoms with Crippen LogP contribution in [0.15, 0.2) is 42.6 Å². The van der Waals surface area contributed by atoms with Crippen LogP contribution >= 0.6 is 0 Å². The van der Waals surface area contributed by atoms with Crippen LogP contribution in [-0.2, 0) is 11.3 Å². The minimum absolute atomic E-state index is 0.319. The molecular formula is C20H26N2O2. The first-order valence-corrected chi connectivity index (χ1v) is 8.63. The standard InChI is InChI=1S/C20H26N2O2/c1-15-18(4-3-11-21-15)14-22-20(17-9-12-24-13-10-17)16-5-7-19(23-2)8-6-16/h3-8,11,17,20,22H,9-10,12-14H2,1-2H3. The molecule has 4 heteroatoms. The van der Waals surface area contributed by atoms with Gasteiger partial charge in [-0.3, -0.25) is 4.98 Å². The number of aryl methyl sites for hydroxylation is 1. The zero-order valence-corrected chi connectivity index (χ0v) is 14.5. The average Bonchev–Trinajstić information content (AvgIpc) is 2.65. The molecule has 3 rings (SSSR count). The van der Waals surface area contributed by atoms with Crippen molar-refractivity contribution in [2.45, 2.75) is 32.4 Å². The highest BCUT2D eigenvalue weighted by atomic mass is 16.5. The van der Waals surface area contributed by atoms with Crippen molar-refractivity contribution in [1.82, 2.24) is 10.3 Å². The normalized spacial score (nSPS) is 16.8. The lowest BCUT2D eigenvalue weighted by Crippen LogP contribution is -2.32. The molecule has 128 valence electrons. The fourth-order valence-corrected chi connectivity index (χ4v) is 3.34. The molecule has 1 atom stereocenters. The first-order valence-electron chi connectivity index (χ1n) is 8.63. The SMILES string of the molecule is COc1ccc(C(NCc2cccnc2C)C2CCOCC2)cc1. The number of ether oxygens (including phenoxy) is 2. The highest BCUT2D eigenvalue weighted by molar-refractivity contribution is 5.30. The van der Waals surface area contributed by atoms with Crippen LogP contribution in [-0.4, -0.2) is 25.3 Å². The highest BCUT2D eigenvalue weighted by Crippen LogP contribution is 2.31. The third kappa shape index (κ3) is 4.13. The van der Waals surface area contributed by atoms with Gasteiger partial charge in [0, 0.05) is 37.7 Å². The second kappa shape index (κ2) is 8.27. The Bertz CT molecular complexity index is 636. The van der Waals surface area contributed by atoms with Gasteiger partial charge in [-0.25, -0.2) is 0 Å². The number of nitrogens with zero attached hydrogens (tertiary/aromatic N) is 1. The molecule has 0 bridgehead atoms. The monoisotopic (exact) mass is 326 g/mol. The number of benzene rings is 1. The molecule has 2 heterocycles. The lowest BCUT2D eigenvalue weighted by atomic mass is 9.87. The predicted octanol–water partition coefficient (Wildman–Crippen LogP) is 3.66. The molecule has 1 unspecified atom stereocenters. The van der Waals surface area contributed by atoms with Gasteiger partial charge in [0.1, 0.15) is 5.75 Å². The minimum atomic E-state index is 0.319. The molecular weight excluding hydrogens is 300 g/mol. The molecule has 0 spiro atoms. The van der Waals surface area contributed by atoms with Gasteiger partial charge >= 0.3 is 0 Å². The summed E-state index contributed by atoms with van der Waals surface area (Å²) >= 11 is 0. The van der Waals surface area contributed by atoms with E-state index in [9.17, 15) is 0 Å². The summed E-state index contributed by atoms with van der Waals surface area (Å²) < 4.78 is 10.8. The van der Waals surface area contributed by atoms with Crippen LogP contribution < -0.4 is 10.1 Å². The zero-order valence-electron chi connectivity index (χ0n) is 14.5. The summed E-state index contributed by atoms with van der Waals surface area (Å²) in [5.41, 5.74) is 3.65. The second-order valence-corrected chi connectivity index (χ2v) is 6.33. The second-order valence-electron chi connectivity index (χ2n) is 6.33. The van der Waals surface area contributed by atoms with Gasteiger partial charge < -0.3 is 14.8 Å². The van der Waals surface area contributed by atoms with Gasteiger partial charge in [-0.15, -0.1) is 0 Å². The van der Waals surface area contributed by atoms with Crippen LogP contribution in [0.25, 0.3) is 0 Å². The largest absolute Gasteiger partial charge is 0.497 e. The van der Waals surface area contributed by atoms with Crippen molar-refractivity contribution >= 4 is 0 Å². The minimum Gasteiger partial charge on any atom is -0.497 e. The fourth-order valence-electron chi connectivity index (χ4n) is 3.34. The van der Waals surface area contributed by atoms with E-state index >= 15 is 0 Å². The summed E-state index contributed by atoms with van der Waals surface area (Å²) in [5, 5.41) is 3.76. The van der Waals surface area contributed by atoms with Crippen LogP contribution in [0.1, 0.15) is 35.7 Å². The Morgan fingerprint density at radius 2 is 1.96 bits per heavy atom. The van der Waals surface area contributed by atoms with Crippen LogP contribution in [0.2, 0.25) is 0 Å². The van der Waals surface area contributed by atoms with E-state index in [2.05, 4.69) is 35.4 Å². The number of rotatable bonds is 6. The van der Waals surface area contributed by atoms with Gasteiger partial charge in [0.15, 0.2) is 0 Å². The third-order valence-corrected chi connectivity index (χ3v) is 4.84. The van der Waals surface area contributed by atoms with E-state index < -0.39 is 0 Å². The van der Waals surface area contributed by atoms with Crippen molar-refractivity contribution < 1.29 is 9.47 Å². The molecule has 1 saturated heterocycles. The number of methoxy groups -OCH3 is 1. The zero-order chi connectivity index (χ0) is 16.8. The molecule has 0 radical (unpaired) electrons. The maximum Gasteiger partial charge on any atom is 0.118 e. The maximum atomic E-state index is 5.55. The van der Waals surface area contributed by atoms with Crippen LogP contribution in [0.4, 0.5) is 0 Å². The summed E-state index contributed by atoms with van der Waals surface area (Å²) in [6.07, 6.45) is 4.03. The van der Waals surface area contributed by atoms with E-state index in [-0.39, 0.29) is 0 Å². The quantitative estimate of drug-likeness (QED) is 0.880. The Labute approximate surface area is 144 Å². The first-order chi connectivity index (χ1) is 11.8. The summed E-state index contributed by atoms with van der Waals surface area (Å²) in [6.45, 7) is 4.59. The van der Waals surface area contributed by atoms with Crippen molar-refractivity contribution in [3.8, 4) is 5.75 Å². The Hall–Kier alpha value is -1.91. The van der Waals surface area contributed by atoms with E-state index in [4.69, 9.17) is 9.47 Å². The average molecular weight is 326 g/mol. The molecule has 0 saturated carbocycles. The van der Waals surface area contributed by atoms with E-state index in [1.54, 1.807) is 7.11 Å². The Kier molecular flexibility index (Phi) is 5.83. The van der Waals surface area contributed by atoms with Gasteiger partial charge in [0.2, 0.25) is 0 Å². The lowest BCUT2D eigenvalue weighted by Gasteiger charge is -2.31. The summed E-state index contributed by atoms with van der Waals surface area (Å²) in [5.74, 6) is 1.48. The third-order valence-electron chi connectivity index (χ3n) is 4.84. The molecule has 1 N–H and O–H groups in total. The number of aromatic nitrogens is 1. The number of hydrogen-bond donors (Lipinski definition) is 1. The molecule has 1 fully saturated rings. The molecule has 24 heavy (non-hydrogen) atoms. The van der Waals surface area contributed by atoms with E-state index in [0.717, 1.165) is 44.0 Å². The molecule has 2 aromatic rings. The van der Waals surface area contributed by atoms with E-state index in [1.807, 2.05) is 24.4 Å². The Morgan fingerprint density at radius 3 is 2.62 bits per heavy atom. The van der Waals surface area contributed by atoms with Gasteiger partial charge in [0.25, 0.3) is 0 Å². The molecule has 4 nitrogen and oxygen atoms in total. The smallest absolute Gasteiger partial charge is 0.118 e. The van der Waals surface area contributed by atoms with Gasteiger partial charge in [0.05, 0.1) is 7.11 Å². The van der Waals surface area contributed by atoms with E-state index in [1.165, 1.54) is 11.1 Å². The summed E-state index contributed by atoms with van der Waals surface area (Å²) in [6, 6.07) is 12.9. The Morgan fingerprint density at radius 1 is 1.21 bits per heavy atom. The predicted molar refractivity (Wildman–Crippen MR) is 95.1 cm³/mol. The number of nitrogens with one attached hydrogen (secondary N) is 1. The van der Waals surface area contributed by atoms with Crippen molar-refractivity contribution in [1.29, 1.82) is 0 Å². The molecule has 1 aromatic carbocycles. The van der Waals surface area contributed by atoms with Gasteiger partial charge in [-0.1, -0.05) is 18.2 Å². The topological polar surface area (TPSA) is 43.4 Å². The fraction of sp³-hybridized carbons (Fsp3) is 0.450. The lowest BCUT2D eigenvalue weighted by molar-refractivity contribution is 0.0533. The molecule has 1 aliphatic heterocycles. The van der Waals surface area contributed by atoms with Crippen molar-refractivity contribution in [3.05, 3.63) is 59.4 Å². The van der Waals surface area contributed by atoms with Crippen molar-refractivity contribution in [2.75, 3.05) is 20.3 Å². The Balaban J connectivity index is 1.77. The maximum absolute atomic E-state index is 5.55. The van der Waals surface area contributed by atoms with Gasteiger partial charge in [-0.2, -0.15) is 0 Å². The highest BCUT2D eigenvalue weighted by Gasteiger charge is 2.25. The summed E-state index contributed by atoms with van der Waals surface area (Å²) in [4.78, 5) is 4.39. The van der Waals surface area contributed by atoms with Crippen LogP contribution in [0.3, 0.4) is 0 Å². The first kappa shape index (κ1) is 16.9. The summed E-state index contributed by atoms with van der Waals surface area (Å²) in [7, 11) is 1.70. The number of hydrogen-bond acceptors (Lipinski definition) is 4. The molecule has 0 aliphatic carbocycles. The molecule has 1 aromatic heterocycles. The van der Waals surface area contributed by atoms with Crippen LogP contribution in [0, 0.1) is 12.8 Å². The van der Waals surface area contributed by atoms with Crippen molar-refractivity contribution in [2.24, 2.45) is 5.92 Å². The van der Waals surface area contributed by atoms with Gasteiger partial charge in [-0.05, 0) is 55.0 Å². The van der Waals surface area contributed by atoms with Crippen LogP contribution in [0.5, 0.6) is 5.75 Å². The van der Waals surface area contributed by atoms with Crippen molar-refractivity contribution in [3.63, 3.8) is 0 Å². The molecule has 0 amide bonds. The molecule has 1 aliphatic rings. The van der Waals surface area contributed by atoms with E-state index in [0.29, 0.717) is 12.0 Å². The number of pyridine rings is 1.